The van der Waals surface area contributed by atoms with Gasteiger partial charge in [-0.15, -0.1) is 0 Å². The number of hydrogen-bond acceptors (Lipinski definition) is 4. The molecule has 4 rings (SSSR count). The number of aromatic nitrogens is 1. The molecule has 1 fully saturated rings. The molecule has 0 radical (unpaired) electrons. The summed E-state index contributed by atoms with van der Waals surface area (Å²) in [4.78, 5) is 31.0. The quantitative estimate of drug-likeness (QED) is 0.352. The zero-order chi connectivity index (χ0) is 28.2. The third-order valence-corrected chi connectivity index (χ3v) is 6.95. The molecule has 1 aromatic heterocycles. The van der Waals surface area contributed by atoms with E-state index in [-0.39, 0.29) is 18.1 Å². The molecule has 0 aliphatic carbocycles. The van der Waals surface area contributed by atoms with Crippen molar-refractivity contribution in [3.63, 3.8) is 0 Å². The number of rotatable bonds is 7. The Morgan fingerprint density at radius 1 is 1.05 bits per heavy atom. The highest BCUT2D eigenvalue weighted by Gasteiger charge is 2.34. The number of carbonyl (C=O) groups is 2. The maximum Gasteiger partial charge on any atom is 0.433 e. The standard InChI is InChI=1S/C29H30F4N4O2/c1-18-12-14-37(15-13-18)26-22(9-11-25(36-26)29(31,32)33)17-34-27(38)19(2)21-8-10-24(23(30)16-21)35-28(39)20-6-4-3-5-7-20/h3-11,16,18-19H,12-15,17H2,1-2H3,(H,34,38)(H,35,39). The van der Waals surface area contributed by atoms with Crippen LogP contribution in [-0.2, 0) is 17.5 Å². The fraction of sp³-hybridized carbons (Fsp3) is 0.345. The van der Waals surface area contributed by atoms with E-state index in [0.29, 0.717) is 35.7 Å². The second-order valence-corrected chi connectivity index (χ2v) is 9.85. The number of carbonyl (C=O) groups excluding carboxylic acids is 2. The van der Waals surface area contributed by atoms with Crippen molar-refractivity contribution >= 4 is 23.3 Å². The molecule has 0 bridgehead atoms. The lowest BCUT2D eigenvalue weighted by atomic mass is 9.98. The van der Waals surface area contributed by atoms with Crippen molar-refractivity contribution < 1.29 is 27.2 Å². The van der Waals surface area contributed by atoms with E-state index in [1.807, 2.05) is 4.90 Å². The van der Waals surface area contributed by atoms with Crippen LogP contribution in [0.25, 0.3) is 0 Å². The van der Waals surface area contributed by atoms with Crippen molar-refractivity contribution in [2.75, 3.05) is 23.3 Å². The first kappa shape index (κ1) is 28.1. The Morgan fingerprint density at radius 3 is 2.38 bits per heavy atom. The zero-order valence-corrected chi connectivity index (χ0v) is 21.7. The first-order valence-electron chi connectivity index (χ1n) is 12.8. The molecular weight excluding hydrogens is 512 g/mol. The molecule has 1 atom stereocenters. The maximum atomic E-state index is 14.8. The molecule has 2 amide bonds. The third-order valence-electron chi connectivity index (χ3n) is 6.95. The predicted octanol–water partition coefficient (Wildman–Crippen LogP) is 6.15. The van der Waals surface area contributed by atoms with E-state index >= 15 is 0 Å². The van der Waals surface area contributed by atoms with Crippen LogP contribution in [0.15, 0.2) is 60.7 Å². The molecule has 206 valence electrons. The van der Waals surface area contributed by atoms with Crippen molar-refractivity contribution in [3.05, 3.63) is 88.9 Å². The van der Waals surface area contributed by atoms with Crippen LogP contribution in [0, 0.1) is 11.7 Å². The minimum atomic E-state index is -4.58. The third kappa shape index (κ3) is 6.93. The monoisotopic (exact) mass is 542 g/mol. The molecule has 2 heterocycles. The topological polar surface area (TPSA) is 74.3 Å². The average molecular weight is 543 g/mol. The molecule has 1 unspecified atom stereocenters. The molecular formula is C29H30F4N4O2. The van der Waals surface area contributed by atoms with Crippen LogP contribution in [0.1, 0.15) is 59.8 Å². The predicted molar refractivity (Wildman–Crippen MR) is 141 cm³/mol. The summed E-state index contributed by atoms with van der Waals surface area (Å²) < 4.78 is 54.8. The summed E-state index contributed by atoms with van der Waals surface area (Å²) in [6.07, 6.45) is -2.90. The summed E-state index contributed by atoms with van der Waals surface area (Å²) in [5, 5.41) is 5.27. The Balaban J connectivity index is 1.44. The first-order chi connectivity index (χ1) is 18.5. The number of amides is 2. The number of anilines is 2. The van der Waals surface area contributed by atoms with Crippen LogP contribution in [0.2, 0.25) is 0 Å². The first-order valence-corrected chi connectivity index (χ1v) is 12.8. The van der Waals surface area contributed by atoms with Crippen molar-refractivity contribution in [3.8, 4) is 0 Å². The summed E-state index contributed by atoms with van der Waals surface area (Å²) in [7, 11) is 0. The molecule has 1 saturated heterocycles. The Morgan fingerprint density at radius 2 is 1.74 bits per heavy atom. The highest BCUT2D eigenvalue weighted by atomic mass is 19.4. The fourth-order valence-corrected chi connectivity index (χ4v) is 4.44. The van der Waals surface area contributed by atoms with Crippen molar-refractivity contribution in [1.29, 1.82) is 0 Å². The van der Waals surface area contributed by atoms with Gasteiger partial charge < -0.3 is 15.5 Å². The Bertz CT molecular complexity index is 1320. The molecule has 2 N–H and O–H groups in total. The Hall–Kier alpha value is -3.95. The van der Waals surface area contributed by atoms with E-state index in [0.717, 1.165) is 18.9 Å². The molecule has 0 saturated carbocycles. The average Bonchev–Trinajstić information content (AvgIpc) is 2.92. The lowest BCUT2D eigenvalue weighted by Crippen LogP contribution is -2.35. The number of nitrogens with one attached hydrogen (secondary N) is 2. The van der Waals surface area contributed by atoms with Gasteiger partial charge in [0, 0.05) is 30.8 Å². The lowest BCUT2D eigenvalue weighted by molar-refractivity contribution is -0.141. The number of benzene rings is 2. The smallest absolute Gasteiger partial charge is 0.356 e. The SMILES string of the molecule is CC1CCN(c2nc(C(F)(F)F)ccc2CNC(=O)C(C)c2ccc(NC(=O)c3ccccc3)c(F)c2)CC1. The van der Waals surface area contributed by atoms with Crippen LogP contribution in [0.4, 0.5) is 29.1 Å². The van der Waals surface area contributed by atoms with E-state index in [9.17, 15) is 27.2 Å². The second kappa shape index (κ2) is 11.8. The molecule has 39 heavy (non-hydrogen) atoms. The second-order valence-electron chi connectivity index (χ2n) is 9.85. The number of piperidine rings is 1. The molecule has 6 nitrogen and oxygen atoms in total. The highest BCUT2D eigenvalue weighted by Crippen LogP contribution is 2.32. The molecule has 0 spiro atoms. The van der Waals surface area contributed by atoms with E-state index < -0.39 is 35.4 Å². The fourth-order valence-electron chi connectivity index (χ4n) is 4.44. The van der Waals surface area contributed by atoms with Gasteiger partial charge in [0.2, 0.25) is 5.91 Å². The van der Waals surface area contributed by atoms with Gasteiger partial charge in [-0.05, 0) is 61.6 Å². The molecule has 3 aromatic rings. The maximum absolute atomic E-state index is 14.8. The highest BCUT2D eigenvalue weighted by molar-refractivity contribution is 6.04. The van der Waals surface area contributed by atoms with Crippen molar-refractivity contribution in [1.82, 2.24) is 10.3 Å². The summed E-state index contributed by atoms with van der Waals surface area (Å²) in [5.74, 6) is -1.63. The van der Waals surface area contributed by atoms with Gasteiger partial charge in [-0.25, -0.2) is 9.37 Å². The number of halogens is 4. The molecule has 10 heteroatoms. The summed E-state index contributed by atoms with van der Waals surface area (Å²) in [5.41, 5.74) is 0.248. The van der Waals surface area contributed by atoms with E-state index in [1.165, 1.54) is 18.2 Å². The number of alkyl halides is 3. The van der Waals surface area contributed by atoms with Gasteiger partial charge in [0.15, 0.2) is 0 Å². The van der Waals surface area contributed by atoms with E-state index in [4.69, 9.17) is 0 Å². The Labute approximate surface area is 224 Å². The lowest BCUT2D eigenvalue weighted by Gasteiger charge is -2.33. The summed E-state index contributed by atoms with van der Waals surface area (Å²) in [6, 6.07) is 14.8. The van der Waals surface area contributed by atoms with Gasteiger partial charge in [0.05, 0.1) is 11.6 Å². The molecule has 2 aromatic carbocycles. The van der Waals surface area contributed by atoms with Crippen LogP contribution in [0.5, 0.6) is 0 Å². The van der Waals surface area contributed by atoms with Crippen LogP contribution < -0.4 is 15.5 Å². The van der Waals surface area contributed by atoms with E-state index in [2.05, 4.69) is 22.5 Å². The minimum absolute atomic E-state index is 0.0171. The Kier molecular flexibility index (Phi) is 8.52. The van der Waals surface area contributed by atoms with Crippen molar-refractivity contribution in [2.24, 2.45) is 5.92 Å². The van der Waals surface area contributed by atoms with Gasteiger partial charge in [-0.3, -0.25) is 9.59 Å². The summed E-state index contributed by atoms with van der Waals surface area (Å²) >= 11 is 0. The normalized spacial score (nSPS) is 15.1. The zero-order valence-electron chi connectivity index (χ0n) is 21.7. The van der Waals surface area contributed by atoms with Crippen LogP contribution in [0.3, 0.4) is 0 Å². The minimum Gasteiger partial charge on any atom is -0.356 e. The largest absolute Gasteiger partial charge is 0.433 e. The van der Waals surface area contributed by atoms with Crippen LogP contribution >= 0.6 is 0 Å². The number of hydrogen-bond donors (Lipinski definition) is 2. The van der Waals surface area contributed by atoms with Gasteiger partial charge in [0.25, 0.3) is 5.91 Å². The summed E-state index contributed by atoms with van der Waals surface area (Å²) in [6.45, 7) is 4.85. The molecule has 1 aliphatic rings. The number of nitrogens with zero attached hydrogens (tertiary/aromatic N) is 2. The number of pyridine rings is 1. The van der Waals surface area contributed by atoms with Gasteiger partial charge in [-0.1, -0.05) is 37.3 Å². The molecule has 1 aliphatic heterocycles. The van der Waals surface area contributed by atoms with Crippen molar-refractivity contribution in [2.45, 2.75) is 45.3 Å². The van der Waals surface area contributed by atoms with Gasteiger partial charge in [0.1, 0.15) is 17.3 Å². The van der Waals surface area contributed by atoms with Gasteiger partial charge in [-0.2, -0.15) is 13.2 Å². The van der Waals surface area contributed by atoms with Gasteiger partial charge >= 0.3 is 6.18 Å². The van der Waals surface area contributed by atoms with Crippen LogP contribution in [-0.4, -0.2) is 29.9 Å². The van der Waals surface area contributed by atoms with E-state index in [1.54, 1.807) is 43.3 Å².